The fourth-order valence-corrected chi connectivity index (χ4v) is 5.46. The van der Waals surface area contributed by atoms with Crippen molar-refractivity contribution in [2.45, 2.75) is 32.9 Å². The number of methoxy groups -OCH3 is 2. The van der Waals surface area contributed by atoms with Gasteiger partial charge >= 0.3 is 0 Å². The van der Waals surface area contributed by atoms with Gasteiger partial charge in [0.2, 0.25) is 0 Å². The molecule has 5 rings (SSSR count). The van der Waals surface area contributed by atoms with Gasteiger partial charge in [0.1, 0.15) is 5.82 Å². The lowest BCUT2D eigenvalue weighted by Gasteiger charge is -2.38. The molecule has 3 aromatic carbocycles. The third-order valence-corrected chi connectivity index (χ3v) is 7.55. The summed E-state index contributed by atoms with van der Waals surface area (Å²) in [5.74, 6) is 2.38. The van der Waals surface area contributed by atoms with Crippen LogP contribution in [-0.2, 0) is 13.0 Å². The Morgan fingerprint density at radius 3 is 2.36 bits per heavy atom. The smallest absolute Gasteiger partial charge is 0.253 e. The zero-order valence-electron chi connectivity index (χ0n) is 23.1. The average Bonchev–Trinajstić information content (AvgIpc) is 3.46. The van der Waals surface area contributed by atoms with Gasteiger partial charge in [-0.2, -0.15) is 0 Å². The second-order valence-electron chi connectivity index (χ2n) is 9.75. The number of nitrogens with zero attached hydrogens (tertiary/aromatic N) is 3. The molecule has 7 nitrogen and oxygen atoms in total. The summed E-state index contributed by atoms with van der Waals surface area (Å²) < 4.78 is 11.3. The van der Waals surface area contributed by atoms with Gasteiger partial charge in [0, 0.05) is 49.2 Å². The quantitative estimate of drug-likeness (QED) is 0.303. The molecule has 202 valence electrons. The molecule has 0 fully saturated rings. The number of fused-ring (bicyclic) bond motifs is 1. The van der Waals surface area contributed by atoms with E-state index in [0.717, 1.165) is 41.4 Å². The van der Waals surface area contributed by atoms with Gasteiger partial charge in [0.05, 0.1) is 20.3 Å². The first kappa shape index (κ1) is 26.5. The zero-order valence-corrected chi connectivity index (χ0v) is 23.1. The standard InChI is InChI=1S/C32H36N4O3/c1-5-35(6-2)32(37)24-14-12-22(13-15-24)30-27-19-29(39-4)28(38-3)18-25(27)16-17-36(30)21-26-20-33-31(34-26)23-10-8-7-9-11-23/h7-15,18-20,30H,5-6,16-17,21H2,1-4H3,(H,33,34). The van der Waals surface area contributed by atoms with Gasteiger partial charge < -0.3 is 19.4 Å². The van der Waals surface area contributed by atoms with E-state index in [1.807, 2.05) is 55.3 Å². The molecule has 1 aromatic heterocycles. The minimum atomic E-state index is -0.0189. The summed E-state index contributed by atoms with van der Waals surface area (Å²) in [5, 5.41) is 0. The lowest BCUT2D eigenvalue weighted by molar-refractivity contribution is 0.0773. The van der Waals surface area contributed by atoms with Crippen molar-refractivity contribution < 1.29 is 14.3 Å². The molecule has 0 bridgehead atoms. The number of nitrogens with one attached hydrogen (secondary N) is 1. The highest BCUT2D eigenvalue weighted by atomic mass is 16.5. The SMILES string of the molecule is CCN(CC)C(=O)c1ccc(C2c3cc(OC)c(OC)cc3CCN2Cc2cnc(-c3ccccc3)[nH]2)cc1. The Hall–Kier alpha value is -4.10. The van der Waals surface area contributed by atoms with Crippen LogP contribution in [0.15, 0.2) is 72.9 Å². The van der Waals surface area contributed by atoms with Crippen LogP contribution in [0.1, 0.15) is 52.6 Å². The van der Waals surface area contributed by atoms with Crippen molar-refractivity contribution in [1.29, 1.82) is 0 Å². The van der Waals surface area contributed by atoms with Crippen LogP contribution in [0.3, 0.4) is 0 Å². The topological polar surface area (TPSA) is 70.7 Å². The van der Waals surface area contributed by atoms with Crippen LogP contribution >= 0.6 is 0 Å². The molecule has 1 unspecified atom stereocenters. The van der Waals surface area contributed by atoms with Gasteiger partial charge in [0.25, 0.3) is 5.91 Å². The van der Waals surface area contributed by atoms with Crippen molar-refractivity contribution in [1.82, 2.24) is 19.8 Å². The molecule has 0 saturated heterocycles. The first-order chi connectivity index (χ1) is 19.1. The molecule has 0 radical (unpaired) electrons. The second kappa shape index (κ2) is 11.7. The van der Waals surface area contributed by atoms with E-state index in [2.05, 4.69) is 51.3 Å². The summed E-state index contributed by atoms with van der Waals surface area (Å²) in [6.45, 7) is 6.97. The number of H-pyrrole nitrogens is 1. The molecule has 1 aliphatic rings. The molecular formula is C32H36N4O3. The summed E-state index contributed by atoms with van der Waals surface area (Å²) in [5.41, 5.74) is 6.38. The van der Waals surface area contributed by atoms with E-state index < -0.39 is 0 Å². The Labute approximate surface area is 230 Å². The maximum Gasteiger partial charge on any atom is 0.253 e. The lowest BCUT2D eigenvalue weighted by atomic mass is 9.87. The largest absolute Gasteiger partial charge is 0.493 e. The monoisotopic (exact) mass is 524 g/mol. The fourth-order valence-electron chi connectivity index (χ4n) is 5.46. The Balaban J connectivity index is 1.51. The van der Waals surface area contributed by atoms with E-state index in [0.29, 0.717) is 30.9 Å². The zero-order chi connectivity index (χ0) is 27.4. The second-order valence-corrected chi connectivity index (χ2v) is 9.75. The molecule has 0 saturated carbocycles. The number of carbonyl (C=O) groups excluding carboxylic acids is 1. The van der Waals surface area contributed by atoms with Crippen molar-refractivity contribution in [2.24, 2.45) is 0 Å². The van der Waals surface area contributed by atoms with Crippen LogP contribution in [0.5, 0.6) is 11.5 Å². The number of hydrogen-bond donors (Lipinski definition) is 1. The molecule has 0 aliphatic carbocycles. The van der Waals surface area contributed by atoms with Gasteiger partial charge in [-0.25, -0.2) is 4.98 Å². The van der Waals surface area contributed by atoms with Gasteiger partial charge in [-0.05, 0) is 61.2 Å². The first-order valence-electron chi connectivity index (χ1n) is 13.5. The number of hydrogen-bond acceptors (Lipinski definition) is 5. The number of carbonyl (C=O) groups is 1. The molecule has 1 atom stereocenters. The summed E-state index contributed by atoms with van der Waals surface area (Å²) >= 11 is 0. The van der Waals surface area contributed by atoms with Crippen LogP contribution < -0.4 is 9.47 Å². The summed E-state index contributed by atoms with van der Waals surface area (Å²) in [7, 11) is 3.34. The highest BCUT2D eigenvalue weighted by Crippen LogP contribution is 2.41. The molecule has 1 aliphatic heterocycles. The Morgan fingerprint density at radius 2 is 1.69 bits per heavy atom. The molecule has 2 heterocycles. The van der Waals surface area contributed by atoms with Crippen LogP contribution in [0.25, 0.3) is 11.4 Å². The van der Waals surface area contributed by atoms with Crippen molar-refractivity contribution >= 4 is 5.91 Å². The summed E-state index contributed by atoms with van der Waals surface area (Å²) in [6.07, 6.45) is 2.82. The van der Waals surface area contributed by atoms with E-state index in [4.69, 9.17) is 9.47 Å². The summed E-state index contributed by atoms with van der Waals surface area (Å²) in [4.78, 5) is 25.4. The van der Waals surface area contributed by atoms with Gasteiger partial charge in [0.15, 0.2) is 11.5 Å². The highest BCUT2D eigenvalue weighted by Gasteiger charge is 2.31. The average molecular weight is 525 g/mol. The van der Waals surface area contributed by atoms with Crippen LogP contribution in [0.2, 0.25) is 0 Å². The Kier molecular flexibility index (Phi) is 7.98. The molecule has 39 heavy (non-hydrogen) atoms. The predicted octanol–water partition coefficient (Wildman–Crippen LogP) is 5.72. The molecule has 7 heteroatoms. The van der Waals surface area contributed by atoms with Crippen molar-refractivity contribution in [2.75, 3.05) is 33.9 Å². The van der Waals surface area contributed by atoms with Crippen molar-refractivity contribution in [3.05, 3.63) is 101 Å². The third-order valence-electron chi connectivity index (χ3n) is 7.55. The number of aromatic nitrogens is 2. The lowest BCUT2D eigenvalue weighted by Crippen LogP contribution is -2.36. The molecule has 1 N–H and O–H groups in total. The number of ether oxygens (including phenoxy) is 2. The maximum atomic E-state index is 12.9. The van der Waals surface area contributed by atoms with Gasteiger partial charge in [-0.1, -0.05) is 42.5 Å². The number of aromatic amines is 1. The number of benzene rings is 3. The van der Waals surface area contributed by atoms with Gasteiger partial charge in [-0.3, -0.25) is 9.69 Å². The summed E-state index contributed by atoms with van der Waals surface area (Å²) in [6, 6.07) is 22.4. The minimum absolute atomic E-state index is 0.0189. The van der Waals surface area contributed by atoms with Crippen LogP contribution in [0, 0.1) is 0 Å². The maximum absolute atomic E-state index is 12.9. The Morgan fingerprint density at radius 1 is 1.00 bits per heavy atom. The van der Waals surface area contributed by atoms with Crippen LogP contribution in [0.4, 0.5) is 0 Å². The van der Waals surface area contributed by atoms with E-state index in [1.165, 1.54) is 11.1 Å². The molecular weight excluding hydrogens is 488 g/mol. The van der Waals surface area contributed by atoms with Crippen LogP contribution in [-0.4, -0.2) is 59.5 Å². The number of rotatable bonds is 9. The first-order valence-corrected chi connectivity index (χ1v) is 13.5. The van der Waals surface area contributed by atoms with E-state index in [1.54, 1.807) is 14.2 Å². The highest BCUT2D eigenvalue weighted by molar-refractivity contribution is 5.94. The predicted molar refractivity (Wildman–Crippen MR) is 153 cm³/mol. The number of amides is 1. The molecule has 0 spiro atoms. The minimum Gasteiger partial charge on any atom is -0.493 e. The van der Waals surface area contributed by atoms with Crippen molar-refractivity contribution in [3.63, 3.8) is 0 Å². The molecule has 1 amide bonds. The van der Waals surface area contributed by atoms with E-state index in [-0.39, 0.29) is 11.9 Å². The number of imidazole rings is 1. The fraction of sp³-hybridized carbons (Fsp3) is 0.312. The van der Waals surface area contributed by atoms with Gasteiger partial charge in [-0.15, -0.1) is 0 Å². The third kappa shape index (κ3) is 5.40. The molecule has 4 aromatic rings. The van der Waals surface area contributed by atoms with E-state index in [9.17, 15) is 4.79 Å². The van der Waals surface area contributed by atoms with E-state index >= 15 is 0 Å². The normalized spacial score (nSPS) is 15.0. The van der Waals surface area contributed by atoms with Crippen molar-refractivity contribution in [3.8, 4) is 22.9 Å². The Bertz CT molecular complexity index is 1410.